The summed E-state index contributed by atoms with van der Waals surface area (Å²) in [6.07, 6.45) is 8.35. The van der Waals surface area contributed by atoms with Crippen LogP contribution in [0.2, 0.25) is 0 Å². The molecule has 1 heteroatoms. The highest BCUT2D eigenvalue weighted by Crippen LogP contribution is 2.46. The van der Waals surface area contributed by atoms with Gasteiger partial charge in [-0.15, -0.1) is 0 Å². The fraction of sp³-hybridized carbons (Fsp3) is 0.643. The summed E-state index contributed by atoms with van der Waals surface area (Å²) >= 11 is 0. The molecule has 2 aliphatic carbocycles. The normalized spacial score (nSPS) is 30.1. The molecule has 0 fully saturated rings. The summed E-state index contributed by atoms with van der Waals surface area (Å²) in [6, 6.07) is 0. The fourth-order valence-corrected chi connectivity index (χ4v) is 3.24. The van der Waals surface area contributed by atoms with Crippen molar-refractivity contribution in [2.45, 2.75) is 46.5 Å². The van der Waals surface area contributed by atoms with Gasteiger partial charge in [0.2, 0.25) is 0 Å². The first-order chi connectivity index (χ1) is 7.00. The lowest BCUT2D eigenvalue weighted by Gasteiger charge is -2.37. The summed E-state index contributed by atoms with van der Waals surface area (Å²) in [5, 5.41) is 0. The van der Waals surface area contributed by atoms with Gasteiger partial charge >= 0.3 is 0 Å². The summed E-state index contributed by atoms with van der Waals surface area (Å²) in [4.78, 5) is 11.3. The average molecular weight is 204 g/mol. The third-order valence-corrected chi connectivity index (χ3v) is 3.85. The minimum absolute atomic E-state index is 0.293. The van der Waals surface area contributed by atoms with Crippen molar-refractivity contribution in [2.75, 3.05) is 0 Å². The highest BCUT2D eigenvalue weighted by atomic mass is 16.1. The van der Waals surface area contributed by atoms with E-state index in [1.54, 1.807) is 6.08 Å². The molecule has 0 saturated carbocycles. The summed E-state index contributed by atoms with van der Waals surface area (Å²) in [7, 11) is 0. The standard InChI is InChI=1S/C14H20O/c1-10-5-4-8-14(2,3)13(10)11-6-7-12(15)9-11/h6-7,11H,4-5,8-9H2,1-3H3. The molecule has 0 aromatic heterocycles. The average Bonchev–Trinajstić information content (AvgIpc) is 2.50. The van der Waals surface area contributed by atoms with Crippen LogP contribution < -0.4 is 0 Å². The maximum Gasteiger partial charge on any atom is 0.156 e. The highest BCUT2D eigenvalue weighted by molar-refractivity contribution is 5.92. The summed E-state index contributed by atoms with van der Waals surface area (Å²) in [5.41, 5.74) is 3.36. The smallest absolute Gasteiger partial charge is 0.156 e. The molecular formula is C14H20O. The van der Waals surface area contributed by atoms with Crippen LogP contribution in [-0.4, -0.2) is 5.78 Å². The Bertz CT molecular complexity index is 344. The SMILES string of the molecule is CC1=C(C2C=CC(=O)C2)C(C)(C)CCC1. The molecule has 1 nitrogen and oxygen atoms in total. The van der Waals surface area contributed by atoms with Crippen LogP contribution in [0, 0.1) is 11.3 Å². The summed E-state index contributed by atoms with van der Waals surface area (Å²) < 4.78 is 0. The van der Waals surface area contributed by atoms with Crippen LogP contribution in [0.3, 0.4) is 0 Å². The van der Waals surface area contributed by atoms with Crippen LogP contribution in [0.1, 0.15) is 46.5 Å². The van der Waals surface area contributed by atoms with E-state index in [4.69, 9.17) is 0 Å². The number of rotatable bonds is 1. The van der Waals surface area contributed by atoms with Gasteiger partial charge in [0.25, 0.3) is 0 Å². The molecule has 0 bridgehead atoms. The lowest BCUT2D eigenvalue weighted by molar-refractivity contribution is -0.114. The minimum Gasteiger partial charge on any atom is -0.295 e. The molecule has 15 heavy (non-hydrogen) atoms. The first kappa shape index (κ1) is 10.7. The van der Waals surface area contributed by atoms with Crippen molar-refractivity contribution in [3.05, 3.63) is 23.3 Å². The zero-order valence-electron chi connectivity index (χ0n) is 9.97. The second kappa shape index (κ2) is 3.62. The molecule has 0 heterocycles. The maximum atomic E-state index is 11.3. The maximum absolute atomic E-state index is 11.3. The van der Waals surface area contributed by atoms with Crippen LogP contribution in [0.4, 0.5) is 0 Å². The quantitative estimate of drug-likeness (QED) is 0.596. The third kappa shape index (κ3) is 1.92. The van der Waals surface area contributed by atoms with Gasteiger partial charge in [0.15, 0.2) is 5.78 Å². The number of hydrogen-bond donors (Lipinski definition) is 0. The van der Waals surface area contributed by atoms with Crippen molar-refractivity contribution < 1.29 is 4.79 Å². The van der Waals surface area contributed by atoms with Crippen molar-refractivity contribution in [2.24, 2.45) is 11.3 Å². The number of hydrogen-bond acceptors (Lipinski definition) is 1. The topological polar surface area (TPSA) is 17.1 Å². The molecule has 0 aromatic carbocycles. The van der Waals surface area contributed by atoms with Crippen LogP contribution >= 0.6 is 0 Å². The Hall–Kier alpha value is -0.850. The van der Waals surface area contributed by atoms with Crippen molar-refractivity contribution >= 4 is 5.78 Å². The van der Waals surface area contributed by atoms with E-state index in [1.807, 2.05) is 0 Å². The Morgan fingerprint density at radius 2 is 2.13 bits per heavy atom. The Morgan fingerprint density at radius 1 is 1.40 bits per heavy atom. The molecule has 0 N–H and O–H groups in total. The van der Waals surface area contributed by atoms with Crippen molar-refractivity contribution in [3.63, 3.8) is 0 Å². The molecule has 1 unspecified atom stereocenters. The van der Waals surface area contributed by atoms with Gasteiger partial charge in [0.1, 0.15) is 0 Å². The van der Waals surface area contributed by atoms with Gasteiger partial charge in [-0.05, 0) is 37.7 Å². The number of carbonyl (C=O) groups is 1. The van der Waals surface area contributed by atoms with Gasteiger partial charge < -0.3 is 0 Å². The third-order valence-electron chi connectivity index (χ3n) is 3.85. The van der Waals surface area contributed by atoms with Gasteiger partial charge in [0, 0.05) is 12.3 Å². The van der Waals surface area contributed by atoms with Crippen LogP contribution in [-0.2, 0) is 4.79 Å². The van der Waals surface area contributed by atoms with E-state index in [0.29, 0.717) is 23.5 Å². The van der Waals surface area contributed by atoms with E-state index in [0.717, 1.165) is 0 Å². The molecule has 2 aliphatic rings. The van der Waals surface area contributed by atoms with Crippen LogP contribution in [0.5, 0.6) is 0 Å². The van der Waals surface area contributed by atoms with Gasteiger partial charge in [-0.25, -0.2) is 0 Å². The second-order valence-electron chi connectivity index (χ2n) is 5.57. The molecule has 1 atom stereocenters. The molecule has 0 aliphatic heterocycles. The monoisotopic (exact) mass is 204 g/mol. The zero-order chi connectivity index (χ0) is 11.1. The Kier molecular flexibility index (Phi) is 2.57. The van der Waals surface area contributed by atoms with Gasteiger partial charge in [0.05, 0.1) is 0 Å². The van der Waals surface area contributed by atoms with Crippen molar-refractivity contribution in [3.8, 4) is 0 Å². The Balaban J connectivity index is 2.32. The first-order valence-electron chi connectivity index (χ1n) is 5.92. The van der Waals surface area contributed by atoms with Crippen LogP contribution in [0.25, 0.3) is 0 Å². The molecule has 0 amide bonds. The predicted octanol–water partition coefficient (Wildman–Crippen LogP) is 3.66. The minimum atomic E-state index is 0.293. The van der Waals surface area contributed by atoms with Crippen LogP contribution in [0.15, 0.2) is 23.3 Å². The number of carbonyl (C=O) groups excluding carboxylic acids is 1. The van der Waals surface area contributed by atoms with E-state index < -0.39 is 0 Å². The van der Waals surface area contributed by atoms with Gasteiger partial charge in [-0.1, -0.05) is 31.1 Å². The summed E-state index contributed by atoms with van der Waals surface area (Å²) in [6.45, 7) is 6.89. The Labute approximate surface area is 92.3 Å². The molecule has 2 rings (SSSR count). The van der Waals surface area contributed by atoms with E-state index in [-0.39, 0.29) is 0 Å². The molecular weight excluding hydrogens is 184 g/mol. The Morgan fingerprint density at radius 3 is 2.67 bits per heavy atom. The molecule has 0 saturated heterocycles. The van der Waals surface area contributed by atoms with E-state index in [2.05, 4.69) is 26.8 Å². The highest BCUT2D eigenvalue weighted by Gasteiger charge is 2.34. The molecule has 0 radical (unpaired) electrons. The largest absolute Gasteiger partial charge is 0.295 e. The fourth-order valence-electron chi connectivity index (χ4n) is 3.24. The lowest BCUT2D eigenvalue weighted by atomic mass is 9.68. The van der Waals surface area contributed by atoms with Gasteiger partial charge in [-0.3, -0.25) is 4.79 Å². The zero-order valence-corrected chi connectivity index (χ0v) is 9.97. The van der Waals surface area contributed by atoms with Crippen molar-refractivity contribution in [1.29, 1.82) is 0 Å². The predicted molar refractivity (Wildman–Crippen MR) is 62.6 cm³/mol. The van der Waals surface area contributed by atoms with E-state index in [9.17, 15) is 4.79 Å². The lowest BCUT2D eigenvalue weighted by Crippen LogP contribution is -2.25. The summed E-state index contributed by atoms with van der Waals surface area (Å²) in [5.74, 6) is 0.689. The van der Waals surface area contributed by atoms with Gasteiger partial charge in [-0.2, -0.15) is 0 Å². The molecule has 82 valence electrons. The number of allylic oxidation sites excluding steroid dienone is 4. The second-order valence-corrected chi connectivity index (χ2v) is 5.57. The van der Waals surface area contributed by atoms with Crippen molar-refractivity contribution in [1.82, 2.24) is 0 Å². The van der Waals surface area contributed by atoms with E-state index in [1.165, 1.54) is 30.4 Å². The molecule has 0 aromatic rings. The van der Waals surface area contributed by atoms with E-state index >= 15 is 0 Å². The first-order valence-corrected chi connectivity index (χ1v) is 5.92. The number of ketones is 1. The molecule has 0 spiro atoms.